The first-order chi connectivity index (χ1) is 28.0. The molecule has 44 heavy (non-hydrogen) atoms. The standard InChI is InChI=1S/C42H24O2/c1-2-10-26-24-40-36(21-25(26)9-1)35-23-28(18-20-39(35)44-40)42-32-14-5-3-12-30(32)41(31-13-4-6-15-33(31)42)27-17-19-38-34(22-27)29-11-7-8-16-37(29)43-38/h1-24H/i3D,4D,5D,6D,7D,8D,11D,12D,13D,14D,15D,16D,17D,19D,22D. The second-order valence-electron chi connectivity index (χ2n) is 10.5. The Balaban J connectivity index is 1.46. The van der Waals surface area contributed by atoms with E-state index in [2.05, 4.69) is 0 Å². The summed E-state index contributed by atoms with van der Waals surface area (Å²) in [5.41, 5.74) is -0.154. The molecule has 0 bridgehead atoms. The maximum absolute atomic E-state index is 9.61. The lowest BCUT2D eigenvalue weighted by molar-refractivity contribution is 0.669. The zero-order chi connectivity index (χ0) is 41.8. The normalized spacial score (nSPS) is 16.9. The van der Waals surface area contributed by atoms with Gasteiger partial charge < -0.3 is 8.83 Å². The quantitative estimate of drug-likeness (QED) is 0.192. The molecule has 0 aliphatic heterocycles. The van der Waals surface area contributed by atoms with E-state index in [0.717, 1.165) is 16.2 Å². The number of furan rings is 2. The smallest absolute Gasteiger partial charge is 0.136 e. The summed E-state index contributed by atoms with van der Waals surface area (Å²) in [5, 5.41) is 1.76. The van der Waals surface area contributed by atoms with Gasteiger partial charge in [-0.3, -0.25) is 0 Å². The van der Waals surface area contributed by atoms with Crippen molar-refractivity contribution in [2.45, 2.75) is 0 Å². The molecule has 8 aromatic carbocycles. The van der Waals surface area contributed by atoms with Gasteiger partial charge in [-0.15, -0.1) is 0 Å². The van der Waals surface area contributed by atoms with E-state index < -0.39 is 102 Å². The van der Waals surface area contributed by atoms with E-state index in [9.17, 15) is 8.22 Å². The summed E-state index contributed by atoms with van der Waals surface area (Å²) in [6, 6.07) is 7.08. The molecule has 2 heterocycles. The molecule has 0 amide bonds. The summed E-state index contributed by atoms with van der Waals surface area (Å²) in [6.07, 6.45) is 0. The molecule has 0 aliphatic rings. The fraction of sp³-hybridized carbons (Fsp3) is 0. The van der Waals surface area contributed by atoms with Gasteiger partial charge in [0.05, 0.1) is 20.6 Å². The predicted octanol–water partition coefficient (Wildman–Crippen LogP) is 12.3. The number of fused-ring (bicyclic) bond motifs is 9. The monoisotopic (exact) mass is 575 g/mol. The van der Waals surface area contributed by atoms with Crippen molar-refractivity contribution in [1.29, 1.82) is 0 Å². The first kappa shape index (κ1) is 13.6. The first-order valence-corrected chi connectivity index (χ1v) is 13.8. The van der Waals surface area contributed by atoms with Crippen molar-refractivity contribution >= 4 is 76.2 Å². The van der Waals surface area contributed by atoms with Crippen LogP contribution in [0.3, 0.4) is 0 Å². The van der Waals surface area contributed by atoms with Gasteiger partial charge in [0.1, 0.15) is 22.3 Å². The number of benzene rings is 8. The van der Waals surface area contributed by atoms with E-state index in [1.165, 1.54) is 0 Å². The minimum Gasteiger partial charge on any atom is -0.456 e. The highest BCUT2D eigenvalue weighted by Crippen LogP contribution is 2.45. The summed E-state index contributed by atoms with van der Waals surface area (Å²) in [6.45, 7) is 0. The Morgan fingerprint density at radius 1 is 0.386 bits per heavy atom. The van der Waals surface area contributed by atoms with E-state index in [1.54, 1.807) is 18.2 Å². The number of rotatable bonds is 2. The molecule has 0 aliphatic carbocycles. The lowest BCUT2D eigenvalue weighted by atomic mass is 9.85. The van der Waals surface area contributed by atoms with Crippen molar-refractivity contribution in [3.8, 4) is 22.3 Å². The maximum atomic E-state index is 9.61. The minimum absolute atomic E-state index is 0.0305. The molecule has 0 radical (unpaired) electrons. The average molecular weight is 576 g/mol. The van der Waals surface area contributed by atoms with Gasteiger partial charge in [0.15, 0.2) is 0 Å². The molecule has 0 fully saturated rings. The third-order valence-corrected chi connectivity index (χ3v) is 8.14. The van der Waals surface area contributed by atoms with E-state index in [4.69, 9.17) is 21.2 Å². The third kappa shape index (κ3) is 3.31. The molecule has 204 valence electrons. The van der Waals surface area contributed by atoms with Crippen LogP contribution >= 0.6 is 0 Å². The fourth-order valence-corrected chi connectivity index (χ4v) is 6.21. The maximum Gasteiger partial charge on any atom is 0.136 e. The molecule has 0 saturated heterocycles. The predicted molar refractivity (Wildman–Crippen MR) is 184 cm³/mol. The van der Waals surface area contributed by atoms with Gasteiger partial charge in [-0.25, -0.2) is 0 Å². The zero-order valence-electron chi connectivity index (χ0n) is 37.5. The van der Waals surface area contributed by atoms with Gasteiger partial charge in [0, 0.05) is 21.5 Å². The van der Waals surface area contributed by atoms with Crippen LogP contribution in [0.2, 0.25) is 0 Å². The lowest BCUT2D eigenvalue weighted by Gasteiger charge is -2.18. The van der Waals surface area contributed by atoms with E-state index in [-0.39, 0.29) is 49.0 Å². The molecule has 0 unspecified atom stereocenters. The van der Waals surface area contributed by atoms with Crippen molar-refractivity contribution in [1.82, 2.24) is 0 Å². The Kier molecular flexibility index (Phi) is 2.73. The fourth-order valence-electron chi connectivity index (χ4n) is 6.21. The van der Waals surface area contributed by atoms with E-state index in [0.29, 0.717) is 22.1 Å². The van der Waals surface area contributed by atoms with Crippen molar-refractivity contribution in [2.75, 3.05) is 0 Å². The van der Waals surface area contributed by atoms with Gasteiger partial charge in [0.2, 0.25) is 0 Å². The van der Waals surface area contributed by atoms with Crippen LogP contribution in [0.1, 0.15) is 20.6 Å². The molecule has 10 rings (SSSR count). The number of hydrogen-bond acceptors (Lipinski definition) is 2. The summed E-state index contributed by atoms with van der Waals surface area (Å²) in [4.78, 5) is 0. The lowest BCUT2D eigenvalue weighted by Crippen LogP contribution is -1.90. The third-order valence-electron chi connectivity index (χ3n) is 8.14. The van der Waals surface area contributed by atoms with Crippen LogP contribution in [0.15, 0.2) is 154 Å². The Bertz CT molecular complexity index is 3540. The van der Waals surface area contributed by atoms with Crippen LogP contribution in [0.4, 0.5) is 0 Å². The Labute approximate surface area is 273 Å². The largest absolute Gasteiger partial charge is 0.456 e. The highest BCUT2D eigenvalue weighted by molar-refractivity contribution is 6.23. The molecule has 0 atom stereocenters. The Hall–Kier alpha value is -5.86. The molecule has 0 saturated carbocycles. The zero-order valence-corrected chi connectivity index (χ0v) is 22.5. The highest BCUT2D eigenvalue weighted by atomic mass is 16.3. The van der Waals surface area contributed by atoms with Crippen molar-refractivity contribution in [3.63, 3.8) is 0 Å². The first-order valence-electron chi connectivity index (χ1n) is 21.3. The van der Waals surface area contributed by atoms with Gasteiger partial charge in [-0.2, -0.15) is 0 Å². The summed E-state index contributed by atoms with van der Waals surface area (Å²) < 4.78 is 146. The van der Waals surface area contributed by atoms with Gasteiger partial charge >= 0.3 is 0 Å². The van der Waals surface area contributed by atoms with Crippen molar-refractivity contribution < 1.29 is 29.4 Å². The molecular formula is C42H24O2. The van der Waals surface area contributed by atoms with Gasteiger partial charge in [-0.05, 0) is 97.0 Å². The van der Waals surface area contributed by atoms with E-state index >= 15 is 0 Å². The summed E-state index contributed by atoms with van der Waals surface area (Å²) >= 11 is 0. The van der Waals surface area contributed by atoms with Crippen LogP contribution in [-0.2, 0) is 0 Å². The second kappa shape index (κ2) is 8.82. The van der Waals surface area contributed by atoms with Crippen LogP contribution in [0.25, 0.3) is 98.4 Å². The van der Waals surface area contributed by atoms with Crippen LogP contribution < -0.4 is 0 Å². The second-order valence-corrected chi connectivity index (χ2v) is 10.5. The Morgan fingerprint density at radius 2 is 0.955 bits per heavy atom. The highest BCUT2D eigenvalue weighted by Gasteiger charge is 2.19. The molecule has 0 N–H and O–H groups in total. The Morgan fingerprint density at radius 3 is 1.68 bits per heavy atom. The van der Waals surface area contributed by atoms with Crippen LogP contribution in [-0.4, -0.2) is 0 Å². The molecular weight excluding hydrogens is 536 g/mol. The number of hydrogen-bond donors (Lipinski definition) is 0. The molecule has 0 spiro atoms. The SMILES string of the molecule is [2H]c1c([2H])c([2H])c2c(oc3c([2H])c([2H])c(-c4c5c([2H])c([2H])c([2H])c([2H])c5c(-c5ccc6oc7cc8ccccc8cc7c6c5)c5c([2H])c([2H])c([2H])c([2H])c45)c([2H])c32)c1[2H]. The average Bonchev–Trinajstić information content (AvgIpc) is 3.81. The van der Waals surface area contributed by atoms with Crippen LogP contribution in [0.5, 0.6) is 0 Å². The summed E-state index contributed by atoms with van der Waals surface area (Å²) in [7, 11) is 0. The van der Waals surface area contributed by atoms with Crippen molar-refractivity contribution in [2.24, 2.45) is 0 Å². The van der Waals surface area contributed by atoms with Crippen molar-refractivity contribution in [3.05, 3.63) is 145 Å². The molecule has 2 nitrogen and oxygen atoms in total. The molecule has 2 heteroatoms. The van der Waals surface area contributed by atoms with Crippen LogP contribution in [0, 0.1) is 0 Å². The topological polar surface area (TPSA) is 26.3 Å². The van der Waals surface area contributed by atoms with Gasteiger partial charge in [0.25, 0.3) is 0 Å². The van der Waals surface area contributed by atoms with Gasteiger partial charge in [-0.1, -0.05) is 103 Å². The van der Waals surface area contributed by atoms with E-state index in [1.807, 2.05) is 36.4 Å². The molecule has 10 aromatic rings. The molecule has 2 aromatic heterocycles. The minimum atomic E-state index is -0.703. The summed E-state index contributed by atoms with van der Waals surface area (Å²) in [5.74, 6) is 0. The number of para-hydroxylation sites is 1.